The number of hydrogen-bond donors (Lipinski definition) is 2. The maximum absolute atomic E-state index is 12.6. The quantitative estimate of drug-likeness (QED) is 0.877. The van der Waals surface area contributed by atoms with Crippen LogP contribution in [-0.2, 0) is 16.2 Å². The summed E-state index contributed by atoms with van der Waals surface area (Å²) >= 11 is 1.17. The summed E-state index contributed by atoms with van der Waals surface area (Å²) in [4.78, 5) is 4.02. The molecule has 0 aliphatic rings. The smallest absolute Gasteiger partial charge is 0.360 e. The van der Waals surface area contributed by atoms with Crippen LogP contribution in [0.3, 0.4) is 0 Å². The van der Waals surface area contributed by atoms with Gasteiger partial charge in [-0.1, -0.05) is 11.3 Å². The van der Waals surface area contributed by atoms with Crippen molar-refractivity contribution in [3.05, 3.63) is 23.8 Å². The Hall–Kier alpha value is -1.39. The van der Waals surface area contributed by atoms with Crippen molar-refractivity contribution >= 4 is 36.7 Å². The Kier molecular flexibility index (Phi) is 4.40. The van der Waals surface area contributed by atoms with Crippen molar-refractivity contribution in [2.75, 3.05) is 24.7 Å². The summed E-state index contributed by atoms with van der Waals surface area (Å²) in [6.07, 6.45) is -4.41. The number of anilines is 1. The zero-order valence-corrected chi connectivity index (χ0v) is 12.5. The van der Waals surface area contributed by atoms with Gasteiger partial charge in [0.25, 0.3) is 0 Å². The molecule has 2 N–H and O–H groups in total. The molecule has 0 saturated heterocycles. The van der Waals surface area contributed by atoms with Crippen LogP contribution < -0.4 is 10.0 Å². The normalized spacial score (nSPS) is 12.8. The minimum Gasteiger partial charge on any atom is -0.360 e. The molecule has 1 heterocycles. The number of nitrogens with zero attached hydrogens (tertiary/aromatic N) is 1. The molecular weight excluding hydrogens is 327 g/mol. The lowest BCUT2D eigenvalue weighted by Crippen LogP contribution is -2.26. The van der Waals surface area contributed by atoms with E-state index in [1.807, 2.05) is 0 Å². The molecule has 21 heavy (non-hydrogen) atoms. The number of nitrogens with one attached hydrogen (secondary N) is 2. The molecule has 0 saturated carbocycles. The molecule has 1 aromatic carbocycles. The Morgan fingerprint density at radius 1 is 1.33 bits per heavy atom. The van der Waals surface area contributed by atoms with Crippen LogP contribution >= 0.6 is 11.3 Å². The van der Waals surface area contributed by atoms with Gasteiger partial charge in [-0.25, -0.2) is 18.1 Å². The molecule has 0 unspecified atom stereocenters. The number of benzene rings is 1. The second kappa shape index (κ2) is 5.78. The number of alkyl halides is 3. The van der Waals surface area contributed by atoms with Gasteiger partial charge in [0.1, 0.15) is 0 Å². The maximum Gasteiger partial charge on any atom is 0.416 e. The van der Waals surface area contributed by atoms with Crippen LogP contribution in [-0.4, -0.2) is 32.7 Å². The monoisotopic (exact) mass is 339 g/mol. The fraction of sp³-hybridized carbons (Fsp3) is 0.364. The highest BCUT2D eigenvalue weighted by Crippen LogP contribution is 2.33. The van der Waals surface area contributed by atoms with Gasteiger partial charge >= 0.3 is 6.18 Å². The van der Waals surface area contributed by atoms with Gasteiger partial charge in [0.05, 0.1) is 21.5 Å². The summed E-state index contributed by atoms with van der Waals surface area (Å²) in [5.41, 5.74) is -0.529. The topological polar surface area (TPSA) is 71.1 Å². The first-order valence-electron chi connectivity index (χ1n) is 5.84. The average molecular weight is 339 g/mol. The van der Waals surface area contributed by atoms with E-state index in [0.717, 1.165) is 12.1 Å². The van der Waals surface area contributed by atoms with Crippen LogP contribution in [0.25, 0.3) is 10.2 Å². The fourth-order valence-electron chi connectivity index (χ4n) is 1.57. The van der Waals surface area contributed by atoms with E-state index in [4.69, 9.17) is 0 Å². The molecule has 10 heteroatoms. The Balaban J connectivity index is 2.12. The van der Waals surface area contributed by atoms with Crippen molar-refractivity contribution in [1.29, 1.82) is 0 Å². The van der Waals surface area contributed by atoms with Crippen LogP contribution in [0.15, 0.2) is 18.2 Å². The van der Waals surface area contributed by atoms with Crippen LogP contribution in [0.1, 0.15) is 5.56 Å². The third-order valence-corrected chi connectivity index (χ3v) is 5.03. The second-order valence-electron chi connectivity index (χ2n) is 4.15. The first-order chi connectivity index (χ1) is 9.71. The van der Waals surface area contributed by atoms with Gasteiger partial charge in [-0.2, -0.15) is 13.2 Å². The first-order valence-corrected chi connectivity index (χ1v) is 8.31. The van der Waals surface area contributed by atoms with E-state index in [9.17, 15) is 21.6 Å². The highest BCUT2D eigenvalue weighted by atomic mass is 32.2. The molecule has 0 spiro atoms. The summed E-state index contributed by atoms with van der Waals surface area (Å²) in [7, 11) is -2.02. The molecule has 0 aliphatic heterocycles. The van der Waals surface area contributed by atoms with E-state index < -0.39 is 21.8 Å². The Labute approximate surface area is 123 Å². The number of thiazole rings is 1. The number of sulfonamides is 1. The molecule has 0 fully saturated rings. The van der Waals surface area contributed by atoms with E-state index in [-0.39, 0.29) is 17.8 Å². The lowest BCUT2D eigenvalue weighted by atomic mass is 10.2. The van der Waals surface area contributed by atoms with Gasteiger partial charge in [-0.3, -0.25) is 0 Å². The molecule has 116 valence electrons. The second-order valence-corrected chi connectivity index (χ2v) is 7.23. The highest BCUT2D eigenvalue weighted by Gasteiger charge is 2.30. The van der Waals surface area contributed by atoms with E-state index in [2.05, 4.69) is 15.0 Å². The molecule has 5 nitrogen and oxygen atoms in total. The molecule has 0 bridgehead atoms. The molecule has 0 radical (unpaired) electrons. The van der Waals surface area contributed by atoms with Crippen LogP contribution in [0, 0.1) is 0 Å². The third-order valence-electron chi connectivity index (χ3n) is 2.67. The number of aromatic nitrogens is 1. The summed E-state index contributed by atoms with van der Waals surface area (Å²) < 4.78 is 63.0. The fourth-order valence-corrected chi connectivity index (χ4v) is 3.02. The summed E-state index contributed by atoms with van der Waals surface area (Å²) in [5.74, 6) is -0.146. The summed E-state index contributed by atoms with van der Waals surface area (Å²) in [5, 5.41) is 3.17. The van der Waals surface area contributed by atoms with Crippen LogP contribution in [0.4, 0.5) is 18.3 Å². The lowest BCUT2D eigenvalue weighted by Gasteiger charge is -2.04. The molecule has 2 rings (SSSR count). The standard InChI is InChI=1S/C11H12F3N3O2S2/c1-15-21(18,19)5-4-16-10-17-8-6-7(11(12,13)14)2-3-9(8)20-10/h2-3,6,15H,4-5H2,1H3,(H,16,17). The van der Waals surface area contributed by atoms with Crippen molar-refractivity contribution in [3.8, 4) is 0 Å². The van der Waals surface area contributed by atoms with E-state index in [1.165, 1.54) is 24.5 Å². The Morgan fingerprint density at radius 3 is 2.67 bits per heavy atom. The zero-order chi connectivity index (χ0) is 15.7. The van der Waals surface area contributed by atoms with Gasteiger partial charge in [0.15, 0.2) is 5.13 Å². The number of halogens is 3. The average Bonchev–Trinajstić information content (AvgIpc) is 2.79. The summed E-state index contributed by atoms with van der Waals surface area (Å²) in [6, 6.07) is 3.32. The molecular formula is C11H12F3N3O2S2. The minimum absolute atomic E-state index is 0.120. The van der Waals surface area contributed by atoms with Crippen molar-refractivity contribution in [1.82, 2.24) is 9.71 Å². The number of fused-ring (bicyclic) bond motifs is 1. The molecule has 1 aromatic heterocycles. The van der Waals surface area contributed by atoms with Crippen LogP contribution in [0.2, 0.25) is 0 Å². The third kappa shape index (κ3) is 4.05. The number of hydrogen-bond acceptors (Lipinski definition) is 5. The molecule has 2 aromatic rings. The van der Waals surface area contributed by atoms with Crippen molar-refractivity contribution in [2.24, 2.45) is 0 Å². The lowest BCUT2D eigenvalue weighted by molar-refractivity contribution is -0.137. The zero-order valence-electron chi connectivity index (χ0n) is 10.9. The van der Waals surface area contributed by atoms with Gasteiger partial charge in [-0.05, 0) is 25.2 Å². The predicted octanol–water partition coefficient (Wildman–Crippen LogP) is 2.28. The Bertz CT molecular complexity index is 741. The molecule has 0 amide bonds. The maximum atomic E-state index is 12.6. The van der Waals surface area contributed by atoms with Crippen molar-refractivity contribution in [2.45, 2.75) is 6.18 Å². The Morgan fingerprint density at radius 2 is 2.05 bits per heavy atom. The minimum atomic E-state index is -4.41. The van der Waals surface area contributed by atoms with E-state index in [0.29, 0.717) is 9.83 Å². The highest BCUT2D eigenvalue weighted by molar-refractivity contribution is 7.89. The van der Waals surface area contributed by atoms with Gasteiger partial charge in [0, 0.05) is 6.54 Å². The summed E-state index contributed by atoms with van der Waals surface area (Å²) in [6.45, 7) is 0.120. The predicted molar refractivity (Wildman–Crippen MR) is 76.0 cm³/mol. The first kappa shape index (κ1) is 16.0. The molecule has 0 aliphatic carbocycles. The number of rotatable bonds is 5. The van der Waals surface area contributed by atoms with Crippen molar-refractivity contribution < 1.29 is 21.6 Å². The van der Waals surface area contributed by atoms with Gasteiger partial charge in [0.2, 0.25) is 10.0 Å². The van der Waals surface area contributed by atoms with Crippen molar-refractivity contribution in [3.63, 3.8) is 0 Å². The van der Waals surface area contributed by atoms with Crippen LogP contribution in [0.5, 0.6) is 0 Å². The molecule has 0 atom stereocenters. The van der Waals surface area contributed by atoms with E-state index in [1.54, 1.807) is 0 Å². The van der Waals surface area contributed by atoms with Gasteiger partial charge < -0.3 is 5.32 Å². The SMILES string of the molecule is CNS(=O)(=O)CCNc1nc2cc(C(F)(F)F)ccc2s1. The largest absolute Gasteiger partial charge is 0.416 e. The van der Waals surface area contributed by atoms with Gasteiger partial charge in [-0.15, -0.1) is 0 Å². The van der Waals surface area contributed by atoms with E-state index >= 15 is 0 Å².